The van der Waals surface area contributed by atoms with Crippen molar-refractivity contribution in [1.29, 1.82) is 0 Å². The van der Waals surface area contributed by atoms with Gasteiger partial charge in [-0.3, -0.25) is 9.69 Å². The van der Waals surface area contributed by atoms with Crippen molar-refractivity contribution < 1.29 is 9.18 Å². The summed E-state index contributed by atoms with van der Waals surface area (Å²) in [4.78, 5) is 16.3. The minimum Gasteiger partial charge on any atom is -0.340 e. The number of piperidine rings is 1. The number of rotatable bonds is 4. The topological polar surface area (TPSA) is 23.6 Å². The summed E-state index contributed by atoms with van der Waals surface area (Å²) in [6.07, 6.45) is 8.29. The van der Waals surface area contributed by atoms with Gasteiger partial charge in [0.1, 0.15) is 5.82 Å². The van der Waals surface area contributed by atoms with Crippen LogP contribution in [0, 0.1) is 18.2 Å². The highest BCUT2D eigenvalue weighted by Gasteiger charge is 2.30. The van der Waals surface area contributed by atoms with E-state index in [0.29, 0.717) is 12.1 Å². The lowest BCUT2D eigenvalue weighted by atomic mass is 10.0. The van der Waals surface area contributed by atoms with Crippen molar-refractivity contribution in [3.63, 3.8) is 0 Å². The van der Waals surface area contributed by atoms with Crippen LogP contribution in [0.5, 0.6) is 0 Å². The molecule has 1 aromatic carbocycles. The number of likely N-dealkylation sites (N-methyl/N-ethyl adjacent to an activating group) is 1. The molecule has 0 saturated carbocycles. The van der Waals surface area contributed by atoms with Crippen LogP contribution in [0.3, 0.4) is 0 Å². The lowest BCUT2D eigenvalue weighted by Crippen LogP contribution is -2.49. The molecule has 0 N–H and O–H groups in total. The van der Waals surface area contributed by atoms with E-state index >= 15 is 0 Å². The van der Waals surface area contributed by atoms with Crippen molar-refractivity contribution >= 4 is 21.8 Å². The zero-order valence-corrected chi connectivity index (χ0v) is 14.3. The Kier molecular flexibility index (Phi) is 5.98. The van der Waals surface area contributed by atoms with Crippen LogP contribution >= 0.6 is 15.9 Å². The van der Waals surface area contributed by atoms with E-state index in [9.17, 15) is 9.18 Å². The molecule has 1 fully saturated rings. The molecule has 0 aromatic heterocycles. The molecule has 5 heteroatoms. The Morgan fingerprint density at radius 3 is 3.05 bits per heavy atom. The second-order valence-electron chi connectivity index (χ2n) is 5.62. The lowest BCUT2D eigenvalue weighted by Gasteiger charge is -2.35. The van der Waals surface area contributed by atoms with Gasteiger partial charge < -0.3 is 4.90 Å². The van der Waals surface area contributed by atoms with E-state index in [1.807, 2.05) is 4.90 Å². The van der Waals surface area contributed by atoms with E-state index < -0.39 is 0 Å². The summed E-state index contributed by atoms with van der Waals surface area (Å²) >= 11 is 3.33. The molecule has 3 nitrogen and oxygen atoms in total. The van der Waals surface area contributed by atoms with E-state index in [1.54, 1.807) is 24.1 Å². The van der Waals surface area contributed by atoms with Crippen molar-refractivity contribution in [2.24, 2.45) is 0 Å². The van der Waals surface area contributed by atoms with Gasteiger partial charge in [-0.15, -0.1) is 6.42 Å². The van der Waals surface area contributed by atoms with Crippen LogP contribution in [0.15, 0.2) is 22.7 Å². The van der Waals surface area contributed by atoms with Gasteiger partial charge in [0.15, 0.2) is 0 Å². The number of nitrogens with zero attached hydrogens (tertiary/aromatic N) is 2. The third kappa shape index (κ3) is 4.08. The van der Waals surface area contributed by atoms with Gasteiger partial charge in [-0.05, 0) is 37.6 Å². The molecule has 0 radical (unpaired) electrons. The quantitative estimate of drug-likeness (QED) is 0.764. The molecule has 1 atom stereocenters. The van der Waals surface area contributed by atoms with Crippen molar-refractivity contribution in [2.75, 3.05) is 20.1 Å². The summed E-state index contributed by atoms with van der Waals surface area (Å²) < 4.78 is 14.6. The molecule has 0 spiro atoms. The summed E-state index contributed by atoms with van der Waals surface area (Å²) in [5.74, 6) is 2.33. The average molecular weight is 367 g/mol. The van der Waals surface area contributed by atoms with Crippen LogP contribution < -0.4 is 0 Å². The van der Waals surface area contributed by atoms with Crippen molar-refractivity contribution in [2.45, 2.75) is 31.8 Å². The predicted molar refractivity (Wildman–Crippen MR) is 88.6 cm³/mol. The third-order valence-electron chi connectivity index (χ3n) is 3.98. The highest BCUT2D eigenvalue weighted by molar-refractivity contribution is 9.10. The monoisotopic (exact) mass is 366 g/mol. The third-order valence-corrected chi connectivity index (χ3v) is 4.48. The Bertz CT molecular complexity index is 585. The number of terminal acetylenes is 1. The number of halogens is 2. The van der Waals surface area contributed by atoms with E-state index in [1.165, 1.54) is 6.07 Å². The van der Waals surface area contributed by atoms with Gasteiger partial charge >= 0.3 is 0 Å². The SMILES string of the molecule is C#CCN1CCCCC1C(=O)N(C)Cc1cc(Br)ccc1F. The molecule has 1 unspecified atom stereocenters. The first-order valence-corrected chi connectivity index (χ1v) is 8.18. The molecule has 22 heavy (non-hydrogen) atoms. The van der Waals surface area contributed by atoms with E-state index in [4.69, 9.17) is 6.42 Å². The first-order chi connectivity index (χ1) is 10.5. The zero-order valence-electron chi connectivity index (χ0n) is 12.7. The zero-order chi connectivity index (χ0) is 16.1. The Labute approximate surface area is 139 Å². The largest absolute Gasteiger partial charge is 0.340 e. The maximum Gasteiger partial charge on any atom is 0.239 e. The second kappa shape index (κ2) is 7.75. The summed E-state index contributed by atoms with van der Waals surface area (Å²) in [7, 11) is 1.71. The molecule has 0 bridgehead atoms. The number of likely N-dealkylation sites (tertiary alicyclic amines) is 1. The van der Waals surface area contributed by atoms with Crippen molar-refractivity contribution in [1.82, 2.24) is 9.80 Å². The van der Waals surface area contributed by atoms with E-state index in [0.717, 1.165) is 30.3 Å². The first-order valence-electron chi connectivity index (χ1n) is 7.39. The van der Waals surface area contributed by atoms with Gasteiger partial charge in [0, 0.05) is 23.6 Å². The highest BCUT2D eigenvalue weighted by Crippen LogP contribution is 2.21. The normalized spacial score (nSPS) is 18.7. The van der Waals surface area contributed by atoms with Crippen molar-refractivity contribution in [3.8, 4) is 12.3 Å². The van der Waals surface area contributed by atoms with Gasteiger partial charge in [-0.25, -0.2) is 4.39 Å². The van der Waals surface area contributed by atoms with Crippen LogP contribution in [0.2, 0.25) is 0 Å². The summed E-state index contributed by atoms with van der Waals surface area (Å²) in [6, 6.07) is 4.57. The average Bonchev–Trinajstić information content (AvgIpc) is 2.51. The maximum absolute atomic E-state index is 13.8. The fraction of sp³-hybridized carbons (Fsp3) is 0.471. The molecule has 118 valence electrons. The minimum atomic E-state index is -0.299. The second-order valence-corrected chi connectivity index (χ2v) is 6.53. The standard InChI is InChI=1S/C17H20BrFN2O/c1-3-9-21-10-5-4-6-16(21)17(22)20(2)12-13-11-14(18)7-8-15(13)19/h1,7-8,11,16H,4-6,9-10,12H2,2H3. The first kappa shape index (κ1) is 17.0. The van der Waals surface area contributed by atoms with Crippen LogP contribution in [0.25, 0.3) is 0 Å². The lowest BCUT2D eigenvalue weighted by molar-refractivity contribution is -0.137. The Balaban J connectivity index is 2.07. The molecule has 1 aliphatic rings. The number of benzene rings is 1. The van der Waals surface area contributed by atoms with Crippen LogP contribution in [-0.2, 0) is 11.3 Å². The molecule has 1 amide bonds. The fourth-order valence-corrected chi connectivity index (χ4v) is 3.24. The molecular weight excluding hydrogens is 347 g/mol. The molecule has 1 aromatic rings. The number of hydrogen-bond acceptors (Lipinski definition) is 2. The Hall–Kier alpha value is -1.38. The van der Waals surface area contributed by atoms with Gasteiger partial charge in [0.25, 0.3) is 0 Å². The number of carbonyl (C=O) groups is 1. The van der Waals surface area contributed by atoms with Crippen LogP contribution in [0.1, 0.15) is 24.8 Å². The summed E-state index contributed by atoms with van der Waals surface area (Å²) in [5, 5.41) is 0. The number of carbonyl (C=O) groups excluding carboxylic acids is 1. The van der Waals surface area contributed by atoms with E-state index in [-0.39, 0.29) is 24.3 Å². The Morgan fingerprint density at radius 2 is 2.32 bits per heavy atom. The van der Waals surface area contributed by atoms with Crippen LogP contribution in [-0.4, -0.2) is 41.9 Å². The summed E-state index contributed by atoms with van der Waals surface area (Å²) in [6.45, 7) is 1.58. The van der Waals surface area contributed by atoms with Gasteiger partial charge in [-0.2, -0.15) is 0 Å². The van der Waals surface area contributed by atoms with Crippen LogP contribution in [0.4, 0.5) is 4.39 Å². The number of amides is 1. The van der Waals surface area contributed by atoms with Crippen molar-refractivity contribution in [3.05, 3.63) is 34.1 Å². The number of hydrogen-bond donors (Lipinski definition) is 0. The molecule has 1 aliphatic heterocycles. The molecule has 0 aliphatic carbocycles. The van der Waals surface area contributed by atoms with E-state index in [2.05, 4.69) is 21.9 Å². The van der Waals surface area contributed by atoms with Gasteiger partial charge in [0.05, 0.1) is 12.6 Å². The molecule has 2 rings (SSSR count). The fourth-order valence-electron chi connectivity index (χ4n) is 2.83. The molecular formula is C17H20BrFN2O. The highest BCUT2D eigenvalue weighted by atomic mass is 79.9. The minimum absolute atomic E-state index is 0.00863. The molecule has 1 heterocycles. The maximum atomic E-state index is 13.8. The smallest absolute Gasteiger partial charge is 0.239 e. The van der Waals surface area contributed by atoms with Gasteiger partial charge in [-0.1, -0.05) is 28.3 Å². The summed E-state index contributed by atoms with van der Waals surface area (Å²) in [5.41, 5.74) is 0.504. The molecule has 1 saturated heterocycles. The predicted octanol–water partition coefficient (Wildman–Crippen LogP) is 3.03. The van der Waals surface area contributed by atoms with Gasteiger partial charge in [0.2, 0.25) is 5.91 Å². The Morgan fingerprint density at radius 1 is 1.55 bits per heavy atom.